The fraction of sp³-hybridized carbons (Fsp3) is 0.227. The molecule has 0 aliphatic heterocycles. The van der Waals surface area contributed by atoms with Crippen molar-refractivity contribution in [3.05, 3.63) is 81.0 Å². The van der Waals surface area contributed by atoms with Gasteiger partial charge < -0.3 is 10.4 Å². The summed E-state index contributed by atoms with van der Waals surface area (Å²) in [5.41, 5.74) is -4.31. The molecule has 5 nitrogen and oxygen atoms in total. The van der Waals surface area contributed by atoms with Crippen molar-refractivity contribution in [1.29, 1.82) is 5.41 Å². The van der Waals surface area contributed by atoms with E-state index in [9.17, 15) is 31.5 Å². The molecule has 1 aliphatic carbocycles. The summed E-state index contributed by atoms with van der Waals surface area (Å²) in [5, 5.41) is 18.9. The average Bonchev–Trinajstić information content (AvgIpc) is 2.72. The van der Waals surface area contributed by atoms with Gasteiger partial charge in [-0.15, -0.1) is 0 Å². The van der Waals surface area contributed by atoms with Crippen molar-refractivity contribution in [3.63, 3.8) is 0 Å². The lowest BCUT2D eigenvalue weighted by Crippen LogP contribution is -2.36. The Bertz CT molecular complexity index is 1160. The SMILES string of the molecule is N=C(C1=C(NC(=O)c2c(Cl)cccc2C(F)(F)F)CCCC1(F)F)c1ccc(C(=O)O)cc1. The molecule has 3 rings (SSSR count). The third-order valence-corrected chi connectivity index (χ3v) is 5.38. The van der Waals surface area contributed by atoms with Gasteiger partial charge in [0.25, 0.3) is 11.8 Å². The summed E-state index contributed by atoms with van der Waals surface area (Å²) in [4.78, 5) is 23.7. The number of carboxylic acid groups (broad SMARTS) is 1. The van der Waals surface area contributed by atoms with Gasteiger partial charge in [-0.05, 0) is 37.1 Å². The molecule has 0 heterocycles. The number of aromatic carboxylic acids is 1. The minimum atomic E-state index is -4.91. The van der Waals surface area contributed by atoms with Crippen LogP contribution in [0.5, 0.6) is 0 Å². The summed E-state index contributed by atoms with van der Waals surface area (Å²) in [6.45, 7) is 0. The number of nitrogens with one attached hydrogen (secondary N) is 2. The van der Waals surface area contributed by atoms with Gasteiger partial charge >= 0.3 is 12.1 Å². The predicted molar refractivity (Wildman–Crippen MR) is 110 cm³/mol. The standard InChI is InChI=1S/C22H16ClF5N2O3/c23-14-4-1-3-13(22(26,27)28)16(14)19(31)30-15-5-2-10-21(24,25)17(15)18(29)11-6-8-12(9-7-11)20(32)33/h1,3-4,6-9,29H,2,5,10H2,(H,30,31)(H,32,33). The number of benzene rings is 2. The van der Waals surface area contributed by atoms with Gasteiger partial charge in [0.2, 0.25) is 0 Å². The Morgan fingerprint density at radius 2 is 1.67 bits per heavy atom. The number of hydrogen-bond acceptors (Lipinski definition) is 3. The molecule has 0 atom stereocenters. The molecule has 0 spiro atoms. The molecule has 3 N–H and O–H groups in total. The van der Waals surface area contributed by atoms with Crippen molar-refractivity contribution in [2.75, 3.05) is 0 Å². The third kappa shape index (κ3) is 5.05. The Balaban J connectivity index is 2.05. The first kappa shape index (κ1) is 24.4. The van der Waals surface area contributed by atoms with Crippen molar-refractivity contribution in [2.45, 2.75) is 31.4 Å². The predicted octanol–water partition coefficient (Wildman–Crippen LogP) is 5.93. The number of halogens is 6. The summed E-state index contributed by atoms with van der Waals surface area (Å²) >= 11 is 5.82. The number of allylic oxidation sites excluding steroid dienone is 2. The van der Waals surface area contributed by atoms with Crippen LogP contribution in [-0.2, 0) is 6.18 Å². The van der Waals surface area contributed by atoms with Crippen molar-refractivity contribution in [2.24, 2.45) is 0 Å². The number of rotatable bonds is 5. The topological polar surface area (TPSA) is 90.3 Å². The van der Waals surface area contributed by atoms with Crippen molar-refractivity contribution < 1.29 is 36.6 Å². The highest BCUT2D eigenvalue weighted by molar-refractivity contribution is 6.34. The summed E-state index contributed by atoms with van der Waals surface area (Å²) in [7, 11) is 0. The molecule has 0 saturated heterocycles. The molecule has 11 heteroatoms. The van der Waals surface area contributed by atoms with Crippen LogP contribution in [0.25, 0.3) is 0 Å². The maximum atomic E-state index is 14.8. The number of carboxylic acids is 1. The maximum absolute atomic E-state index is 14.8. The second-order valence-electron chi connectivity index (χ2n) is 7.28. The molecule has 0 saturated carbocycles. The Morgan fingerprint density at radius 3 is 2.24 bits per heavy atom. The lowest BCUT2D eigenvalue weighted by molar-refractivity contribution is -0.137. The van der Waals surface area contributed by atoms with Crippen LogP contribution in [0.2, 0.25) is 5.02 Å². The van der Waals surface area contributed by atoms with Crippen LogP contribution >= 0.6 is 11.6 Å². The van der Waals surface area contributed by atoms with Gasteiger partial charge in [0.05, 0.1) is 33.0 Å². The van der Waals surface area contributed by atoms with E-state index in [0.29, 0.717) is 6.07 Å². The normalized spacial score (nSPS) is 15.8. The van der Waals surface area contributed by atoms with Crippen molar-refractivity contribution >= 4 is 29.2 Å². The van der Waals surface area contributed by atoms with Crippen molar-refractivity contribution in [3.8, 4) is 0 Å². The van der Waals surface area contributed by atoms with Crippen LogP contribution in [0.1, 0.15) is 51.1 Å². The molecule has 0 aromatic heterocycles. The number of alkyl halides is 5. The van der Waals surface area contributed by atoms with Crippen LogP contribution < -0.4 is 5.32 Å². The number of amides is 1. The Labute approximate surface area is 189 Å². The highest BCUT2D eigenvalue weighted by atomic mass is 35.5. The molecular formula is C22H16ClF5N2O3. The fourth-order valence-electron chi connectivity index (χ4n) is 3.53. The first-order valence-electron chi connectivity index (χ1n) is 9.54. The van der Waals surface area contributed by atoms with E-state index >= 15 is 0 Å². The highest BCUT2D eigenvalue weighted by Gasteiger charge is 2.43. The second-order valence-corrected chi connectivity index (χ2v) is 7.69. The first-order valence-corrected chi connectivity index (χ1v) is 9.92. The van der Waals surface area contributed by atoms with Crippen LogP contribution in [0.15, 0.2) is 53.7 Å². The van der Waals surface area contributed by atoms with Gasteiger partial charge in [0, 0.05) is 17.7 Å². The van der Waals surface area contributed by atoms with E-state index in [0.717, 1.165) is 24.3 Å². The minimum absolute atomic E-state index is 0.0444. The first-order chi connectivity index (χ1) is 15.3. The van der Waals surface area contributed by atoms with Gasteiger partial charge in [-0.3, -0.25) is 10.2 Å². The second kappa shape index (κ2) is 8.93. The molecule has 2 aromatic carbocycles. The summed E-state index contributed by atoms with van der Waals surface area (Å²) in [6.07, 6.45) is -5.73. The largest absolute Gasteiger partial charge is 0.478 e. The van der Waals surface area contributed by atoms with E-state index < -0.39 is 63.5 Å². The van der Waals surface area contributed by atoms with E-state index in [1.165, 1.54) is 12.1 Å². The van der Waals surface area contributed by atoms with Crippen LogP contribution in [0.3, 0.4) is 0 Å². The zero-order chi connectivity index (χ0) is 24.6. The zero-order valence-electron chi connectivity index (χ0n) is 16.7. The van der Waals surface area contributed by atoms with E-state index in [1.807, 2.05) is 0 Å². The molecule has 0 radical (unpaired) electrons. The lowest BCUT2D eigenvalue weighted by Gasteiger charge is -2.29. The lowest BCUT2D eigenvalue weighted by atomic mass is 9.86. The quantitative estimate of drug-likeness (QED) is 0.361. The molecule has 33 heavy (non-hydrogen) atoms. The van der Waals surface area contributed by atoms with Gasteiger partial charge in [-0.2, -0.15) is 13.2 Å². The number of carbonyl (C=O) groups is 2. The van der Waals surface area contributed by atoms with Gasteiger partial charge in [-0.25, -0.2) is 13.6 Å². The van der Waals surface area contributed by atoms with E-state index in [1.54, 1.807) is 0 Å². The van der Waals surface area contributed by atoms with Crippen LogP contribution in [0.4, 0.5) is 22.0 Å². The molecular weight excluding hydrogens is 471 g/mol. The summed E-state index contributed by atoms with van der Waals surface area (Å²) < 4.78 is 69.7. The molecule has 0 bridgehead atoms. The third-order valence-electron chi connectivity index (χ3n) is 5.07. The van der Waals surface area contributed by atoms with E-state index in [4.69, 9.17) is 22.1 Å². The van der Waals surface area contributed by atoms with E-state index in [-0.39, 0.29) is 24.0 Å². The van der Waals surface area contributed by atoms with E-state index in [2.05, 4.69) is 5.32 Å². The Hall–Kier alpha value is -3.27. The Kier molecular flexibility index (Phi) is 6.60. The van der Waals surface area contributed by atoms with Crippen molar-refractivity contribution in [1.82, 2.24) is 5.32 Å². The molecule has 0 unspecified atom stereocenters. The molecule has 1 amide bonds. The number of carbonyl (C=O) groups excluding carboxylic acids is 1. The number of hydrogen-bond donors (Lipinski definition) is 3. The Morgan fingerprint density at radius 1 is 1.06 bits per heavy atom. The summed E-state index contributed by atoms with van der Waals surface area (Å²) in [6, 6.07) is 7.33. The monoisotopic (exact) mass is 486 g/mol. The fourth-order valence-corrected chi connectivity index (χ4v) is 3.79. The molecule has 174 valence electrons. The highest BCUT2D eigenvalue weighted by Crippen LogP contribution is 2.40. The average molecular weight is 487 g/mol. The smallest absolute Gasteiger partial charge is 0.417 e. The maximum Gasteiger partial charge on any atom is 0.417 e. The molecule has 1 aliphatic rings. The van der Waals surface area contributed by atoms with Gasteiger partial charge in [0.15, 0.2) is 0 Å². The molecule has 0 fully saturated rings. The zero-order valence-corrected chi connectivity index (χ0v) is 17.5. The molecule has 2 aromatic rings. The van der Waals surface area contributed by atoms with Gasteiger partial charge in [-0.1, -0.05) is 29.8 Å². The minimum Gasteiger partial charge on any atom is -0.478 e. The van der Waals surface area contributed by atoms with Gasteiger partial charge in [0.1, 0.15) is 0 Å². The van der Waals surface area contributed by atoms with Crippen LogP contribution in [-0.4, -0.2) is 28.6 Å². The summed E-state index contributed by atoms with van der Waals surface area (Å²) in [5.74, 6) is -6.12. The van der Waals surface area contributed by atoms with Crippen LogP contribution in [0, 0.1) is 5.41 Å².